The molecule has 12 heteroatoms. The monoisotopic (exact) mass is 498 g/mol. The van der Waals surface area contributed by atoms with E-state index in [2.05, 4.69) is 30.9 Å². The number of anilines is 2. The summed E-state index contributed by atoms with van der Waals surface area (Å²) in [5.41, 5.74) is -1.41. The molecule has 1 fully saturated rings. The first-order chi connectivity index (χ1) is 17.2. The van der Waals surface area contributed by atoms with Gasteiger partial charge in [-0.05, 0) is 30.7 Å². The van der Waals surface area contributed by atoms with E-state index in [9.17, 15) is 27.6 Å². The number of carbonyl (C=O) groups is 3. The smallest absolute Gasteiger partial charge is 0.354 e. The average Bonchev–Trinajstić information content (AvgIpc) is 3.25. The third kappa shape index (κ3) is 5.65. The molecule has 2 aromatic heterocycles. The largest absolute Gasteiger partial charge is 0.418 e. The van der Waals surface area contributed by atoms with Gasteiger partial charge in [-0.2, -0.15) is 13.2 Å². The van der Waals surface area contributed by atoms with Crippen LogP contribution in [0.25, 0.3) is 0 Å². The molecule has 1 aliphatic rings. The summed E-state index contributed by atoms with van der Waals surface area (Å²) < 4.78 is 39.6. The molecule has 2 heterocycles. The fraction of sp³-hybridized carbons (Fsp3) is 0.250. The minimum atomic E-state index is -4.51. The van der Waals surface area contributed by atoms with E-state index in [1.807, 2.05) is 0 Å². The number of para-hydroxylation sites is 1. The van der Waals surface area contributed by atoms with Gasteiger partial charge in [0.2, 0.25) is 5.91 Å². The molecule has 1 aromatic carbocycles. The van der Waals surface area contributed by atoms with Crippen molar-refractivity contribution in [2.75, 3.05) is 5.32 Å². The van der Waals surface area contributed by atoms with E-state index in [4.69, 9.17) is 0 Å². The van der Waals surface area contributed by atoms with Gasteiger partial charge < -0.3 is 16.0 Å². The zero-order chi connectivity index (χ0) is 25.8. The molecule has 2 amide bonds. The van der Waals surface area contributed by atoms with Crippen molar-refractivity contribution in [3.05, 3.63) is 78.1 Å². The number of nitrogens with zero attached hydrogens (tertiary/aromatic N) is 3. The second-order valence-corrected chi connectivity index (χ2v) is 8.27. The number of Topliss-reactive ketones (excluding diaryl/α,β-unsaturated/α-hetero) is 1. The van der Waals surface area contributed by atoms with Crippen molar-refractivity contribution in [2.24, 2.45) is 0 Å². The lowest BCUT2D eigenvalue weighted by Crippen LogP contribution is -2.57. The Morgan fingerprint density at radius 1 is 1.03 bits per heavy atom. The molecule has 3 N–H and O–H groups in total. The van der Waals surface area contributed by atoms with Gasteiger partial charge in [0.1, 0.15) is 17.6 Å². The zero-order valence-electron chi connectivity index (χ0n) is 18.8. The average molecular weight is 498 g/mol. The van der Waals surface area contributed by atoms with E-state index in [0.29, 0.717) is 11.4 Å². The van der Waals surface area contributed by atoms with Crippen LogP contribution in [0.15, 0.2) is 61.3 Å². The van der Waals surface area contributed by atoms with Crippen LogP contribution in [-0.4, -0.2) is 38.1 Å². The minimum Gasteiger partial charge on any atom is -0.354 e. The molecule has 0 spiro atoms. The third-order valence-corrected chi connectivity index (χ3v) is 5.71. The van der Waals surface area contributed by atoms with Gasteiger partial charge in [0.25, 0.3) is 5.91 Å². The summed E-state index contributed by atoms with van der Waals surface area (Å²) in [6.45, 7) is -0.0154. The highest BCUT2D eigenvalue weighted by atomic mass is 19.4. The molecule has 186 valence electrons. The Morgan fingerprint density at radius 2 is 1.78 bits per heavy atom. The van der Waals surface area contributed by atoms with Crippen molar-refractivity contribution in [2.45, 2.75) is 37.5 Å². The number of pyridine rings is 1. The number of aromatic nitrogens is 3. The standard InChI is InChI=1S/C24H21F3N6O3/c25-24(26,27)19-3-1-2-4-20(19)32-17-6-5-16(30-13-17)12-31-22(36)23(8-7-18(34)9-23)33-21(35)15-10-28-14-29-11-15/h1-6,10-11,13-14,32H,7-9,12H2,(H,31,36)(H,33,35). The normalized spacial score (nSPS) is 17.5. The molecule has 1 saturated carbocycles. The number of carbonyl (C=O) groups excluding carboxylic acids is 3. The van der Waals surface area contributed by atoms with Crippen molar-refractivity contribution in [1.82, 2.24) is 25.6 Å². The fourth-order valence-corrected chi connectivity index (χ4v) is 3.87. The van der Waals surface area contributed by atoms with Crippen LogP contribution in [0.3, 0.4) is 0 Å². The van der Waals surface area contributed by atoms with Crippen LogP contribution < -0.4 is 16.0 Å². The molecule has 3 aromatic rings. The van der Waals surface area contributed by atoms with E-state index in [-0.39, 0.29) is 42.8 Å². The Morgan fingerprint density at radius 3 is 2.42 bits per heavy atom. The highest BCUT2D eigenvalue weighted by molar-refractivity contribution is 6.02. The molecule has 0 bridgehead atoms. The second kappa shape index (κ2) is 10.1. The lowest BCUT2D eigenvalue weighted by molar-refractivity contribution is -0.137. The van der Waals surface area contributed by atoms with Crippen LogP contribution in [0.2, 0.25) is 0 Å². The van der Waals surface area contributed by atoms with Crippen LogP contribution in [0.1, 0.15) is 40.9 Å². The van der Waals surface area contributed by atoms with Gasteiger partial charge in [-0.3, -0.25) is 19.4 Å². The highest BCUT2D eigenvalue weighted by Gasteiger charge is 2.46. The van der Waals surface area contributed by atoms with E-state index >= 15 is 0 Å². The topological polar surface area (TPSA) is 126 Å². The number of amides is 2. The van der Waals surface area contributed by atoms with Gasteiger partial charge >= 0.3 is 6.18 Å². The maximum atomic E-state index is 13.2. The first-order valence-corrected chi connectivity index (χ1v) is 10.9. The van der Waals surface area contributed by atoms with Crippen LogP contribution in [0.4, 0.5) is 24.5 Å². The molecule has 0 radical (unpaired) electrons. The minimum absolute atomic E-state index is 0.0154. The quantitative estimate of drug-likeness (QED) is 0.457. The van der Waals surface area contributed by atoms with Gasteiger partial charge in [0.05, 0.1) is 40.9 Å². The SMILES string of the molecule is O=C1CCC(NC(=O)c2cncnc2)(C(=O)NCc2ccc(Nc3ccccc3C(F)(F)F)cn2)C1. The van der Waals surface area contributed by atoms with Crippen LogP contribution in [0.5, 0.6) is 0 Å². The van der Waals surface area contributed by atoms with Crippen molar-refractivity contribution >= 4 is 29.0 Å². The number of hydrogen-bond acceptors (Lipinski definition) is 7. The molecule has 1 unspecified atom stereocenters. The van der Waals surface area contributed by atoms with E-state index < -0.39 is 29.1 Å². The molecule has 9 nitrogen and oxygen atoms in total. The van der Waals surface area contributed by atoms with Crippen molar-refractivity contribution in [1.29, 1.82) is 0 Å². The highest BCUT2D eigenvalue weighted by Crippen LogP contribution is 2.35. The summed E-state index contributed by atoms with van der Waals surface area (Å²) >= 11 is 0. The summed E-state index contributed by atoms with van der Waals surface area (Å²) in [6.07, 6.45) is 0.856. The van der Waals surface area contributed by atoms with Crippen LogP contribution in [0, 0.1) is 0 Å². The molecule has 0 saturated heterocycles. The lowest BCUT2D eigenvalue weighted by Gasteiger charge is -2.28. The molecule has 4 rings (SSSR count). The van der Waals surface area contributed by atoms with Crippen molar-refractivity contribution in [3.8, 4) is 0 Å². The van der Waals surface area contributed by atoms with Gasteiger partial charge in [-0.15, -0.1) is 0 Å². The van der Waals surface area contributed by atoms with Crippen LogP contribution >= 0.6 is 0 Å². The van der Waals surface area contributed by atoms with E-state index in [1.54, 1.807) is 6.07 Å². The van der Waals surface area contributed by atoms with Gasteiger partial charge in [-0.25, -0.2) is 9.97 Å². The van der Waals surface area contributed by atoms with Gasteiger partial charge in [-0.1, -0.05) is 12.1 Å². The number of rotatable bonds is 7. The molecule has 36 heavy (non-hydrogen) atoms. The van der Waals surface area contributed by atoms with Gasteiger partial charge in [0.15, 0.2) is 0 Å². The third-order valence-electron chi connectivity index (χ3n) is 5.71. The number of alkyl halides is 3. The molecular weight excluding hydrogens is 477 g/mol. The Bertz CT molecular complexity index is 1270. The summed E-state index contributed by atoms with van der Waals surface area (Å²) in [7, 11) is 0. The molecule has 1 atom stereocenters. The van der Waals surface area contributed by atoms with Gasteiger partial charge in [0, 0.05) is 25.2 Å². The number of ketones is 1. The lowest BCUT2D eigenvalue weighted by atomic mass is 9.95. The Labute approximate surface area is 203 Å². The maximum absolute atomic E-state index is 13.2. The molecule has 0 aliphatic heterocycles. The molecule has 1 aliphatic carbocycles. The number of hydrogen-bond donors (Lipinski definition) is 3. The molecular formula is C24H21F3N6O3. The fourth-order valence-electron chi connectivity index (χ4n) is 3.87. The number of nitrogens with one attached hydrogen (secondary N) is 3. The van der Waals surface area contributed by atoms with Crippen molar-refractivity contribution < 1.29 is 27.6 Å². The number of halogens is 3. The summed E-state index contributed by atoms with van der Waals surface area (Å²) in [4.78, 5) is 49.4. The zero-order valence-corrected chi connectivity index (χ0v) is 18.8. The van der Waals surface area contributed by atoms with E-state index in [0.717, 1.165) is 6.07 Å². The predicted octanol–water partition coefficient (Wildman–Crippen LogP) is 3.17. The van der Waals surface area contributed by atoms with E-state index in [1.165, 1.54) is 49.2 Å². The number of benzene rings is 1. The summed E-state index contributed by atoms with van der Waals surface area (Å²) in [5, 5.41) is 8.04. The Kier molecular flexibility index (Phi) is 6.95. The first kappa shape index (κ1) is 24.8. The predicted molar refractivity (Wildman–Crippen MR) is 122 cm³/mol. The Balaban J connectivity index is 1.41. The van der Waals surface area contributed by atoms with Crippen molar-refractivity contribution in [3.63, 3.8) is 0 Å². The second-order valence-electron chi connectivity index (χ2n) is 8.27. The summed E-state index contributed by atoms with van der Waals surface area (Å²) in [5.74, 6) is -1.27. The van der Waals surface area contributed by atoms with Crippen LogP contribution in [-0.2, 0) is 22.3 Å². The Hall–Kier alpha value is -4.35. The first-order valence-electron chi connectivity index (χ1n) is 10.9. The maximum Gasteiger partial charge on any atom is 0.418 e. The summed E-state index contributed by atoms with van der Waals surface area (Å²) in [6, 6.07) is 8.17.